The van der Waals surface area contributed by atoms with Gasteiger partial charge in [-0.1, -0.05) is 23.9 Å². The van der Waals surface area contributed by atoms with Crippen LogP contribution in [0, 0.1) is 0 Å². The van der Waals surface area contributed by atoms with Gasteiger partial charge in [0.15, 0.2) is 5.16 Å². The first kappa shape index (κ1) is 17.0. The topological polar surface area (TPSA) is 78.4 Å². The zero-order chi connectivity index (χ0) is 16.8. The minimum atomic E-state index is -0.619. The first-order valence-electron chi connectivity index (χ1n) is 6.87. The van der Waals surface area contributed by atoms with Gasteiger partial charge in [-0.3, -0.25) is 4.79 Å². The van der Waals surface area contributed by atoms with E-state index in [1.54, 1.807) is 37.4 Å². The number of hydrogen-bond donors (Lipinski definition) is 0. The Labute approximate surface area is 138 Å². The Balaban J connectivity index is 2.50. The molecule has 0 saturated carbocycles. The highest BCUT2D eigenvalue weighted by molar-refractivity contribution is 7.98. The third-order valence-corrected chi connectivity index (χ3v) is 3.55. The van der Waals surface area contributed by atoms with Crippen molar-refractivity contribution in [2.45, 2.75) is 12.1 Å². The zero-order valence-corrected chi connectivity index (χ0v) is 13.8. The second-order valence-corrected chi connectivity index (χ2v) is 5.17. The third kappa shape index (κ3) is 3.87. The lowest BCUT2D eigenvalue weighted by Crippen LogP contribution is -2.16. The number of carbonyl (C=O) groups is 2. The lowest BCUT2D eigenvalue weighted by Gasteiger charge is -2.09. The number of ketones is 1. The van der Waals surface area contributed by atoms with Crippen LogP contribution in [-0.4, -0.2) is 41.7 Å². The predicted molar refractivity (Wildman–Crippen MR) is 86.2 cm³/mol. The van der Waals surface area contributed by atoms with Gasteiger partial charge in [0.05, 0.1) is 13.7 Å². The number of rotatable bonds is 6. The largest absolute Gasteiger partial charge is 0.497 e. The number of aromatic nitrogens is 2. The number of ether oxygens (including phenoxy) is 2. The fraction of sp³-hybridized carbons (Fsp3) is 0.250. The first-order chi connectivity index (χ1) is 11.1. The summed E-state index contributed by atoms with van der Waals surface area (Å²) < 4.78 is 10.1. The molecule has 7 heteroatoms. The van der Waals surface area contributed by atoms with Crippen LogP contribution in [0.25, 0.3) is 0 Å². The SMILES string of the molecule is CCOC(=O)c1cnc(SC)nc1C(=O)c1cccc(OC)c1. The van der Waals surface area contributed by atoms with Gasteiger partial charge in [-0.05, 0) is 25.3 Å². The monoisotopic (exact) mass is 332 g/mol. The van der Waals surface area contributed by atoms with E-state index in [1.165, 1.54) is 25.1 Å². The molecule has 0 N–H and O–H groups in total. The van der Waals surface area contributed by atoms with E-state index in [0.717, 1.165) is 0 Å². The molecule has 0 saturated heterocycles. The zero-order valence-electron chi connectivity index (χ0n) is 13.0. The van der Waals surface area contributed by atoms with Crippen LogP contribution in [0.3, 0.4) is 0 Å². The van der Waals surface area contributed by atoms with Crippen LogP contribution < -0.4 is 4.74 Å². The lowest BCUT2D eigenvalue weighted by molar-refractivity contribution is 0.0522. The Morgan fingerprint density at radius 2 is 2.09 bits per heavy atom. The van der Waals surface area contributed by atoms with Gasteiger partial charge in [-0.25, -0.2) is 14.8 Å². The summed E-state index contributed by atoms with van der Waals surface area (Å²) in [4.78, 5) is 33.0. The number of thioether (sulfide) groups is 1. The van der Waals surface area contributed by atoms with Crippen molar-refractivity contribution in [3.05, 3.63) is 47.3 Å². The van der Waals surface area contributed by atoms with Gasteiger partial charge in [0.2, 0.25) is 5.78 Å². The van der Waals surface area contributed by atoms with Crippen molar-refractivity contribution >= 4 is 23.5 Å². The van der Waals surface area contributed by atoms with Crippen LogP contribution in [0.4, 0.5) is 0 Å². The second-order valence-electron chi connectivity index (χ2n) is 4.40. The molecule has 6 nitrogen and oxygen atoms in total. The Hall–Kier alpha value is -2.41. The highest BCUT2D eigenvalue weighted by Crippen LogP contribution is 2.19. The van der Waals surface area contributed by atoms with E-state index >= 15 is 0 Å². The molecule has 0 atom stereocenters. The molecule has 0 fully saturated rings. The summed E-state index contributed by atoms with van der Waals surface area (Å²) in [7, 11) is 1.52. The molecule has 23 heavy (non-hydrogen) atoms. The van der Waals surface area contributed by atoms with Crippen LogP contribution in [0.5, 0.6) is 5.75 Å². The number of hydrogen-bond acceptors (Lipinski definition) is 7. The van der Waals surface area contributed by atoms with Gasteiger partial charge in [0.1, 0.15) is 17.0 Å². The Bertz CT molecular complexity index is 734. The molecule has 0 aliphatic carbocycles. The fourth-order valence-electron chi connectivity index (χ4n) is 1.90. The molecule has 2 aromatic rings. The number of esters is 1. The maximum Gasteiger partial charge on any atom is 0.342 e. The smallest absolute Gasteiger partial charge is 0.342 e. The standard InChI is InChI=1S/C16H16N2O4S/c1-4-22-15(20)12-9-17-16(23-3)18-13(12)14(19)10-6-5-7-11(8-10)21-2/h5-9H,4H2,1-3H3. The number of carbonyl (C=O) groups excluding carboxylic acids is 2. The summed E-state index contributed by atoms with van der Waals surface area (Å²) in [6, 6.07) is 6.67. The molecular formula is C16H16N2O4S. The maximum absolute atomic E-state index is 12.7. The molecule has 2 rings (SSSR count). The molecule has 0 unspecified atom stereocenters. The van der Waals surface area contributed by atoms with Gasteiger partial charge in [-0.2, -0.15) is 0 Å². The number of methoxy groups -OCH3 is 1. The van der Waals surface area contributed by atoms with E-state index in [2.05, 4.69) is 9.97 Å². The van der Waals surface area contributed by atoms with Crippen LogP contribution in [0.2, 0.25) is 0 Å². The summed E-state index contributed by atoms with van der Waals surface area (Å²) in [5, 5.41) is 0.407. The molecule has 1 aromatic heterocycles. The van der Waals surface area contributed by atoms with E-state index < -0.39 is 5.97 Å². The lowest BCUT2D eigenvalue weighted by atomic mass is 10.0. The summed E-state index contributed by atoms with van der Waals surface area (Å²) in [5.41, 5.74) is 0.453. The Morgan fingerprint density at radius 1 is 1.30 bits per heavy atom. The summed E-state index contributed by atoms with van der Waals surface area (Å²) in [6.45, 7) is 1.90. The van der Waals surface area contributed by atoms with Gasteiger partial charge in [-0.15, -0.1) is 0 Å². The molecule has 1 aromatic carbocycles. The van der Waals surface area contributed by atoms with Gasteiger partial charge in [0.25, 0.3) is 0 Å². The molecule has 0 amide bonds. The van der Waals surface area contributed by atoms with Gasteiger partial charge >= 0.3 is 5.97 Å². The van der Waals surface area contributed by atoms with Crippen molar-refractivity contribution < 1.29 is 19.1 Å². The minimum Gasteiger partial charge on any atom is -0.497 e. The van der Waals surface area contributed by atoms with Gasteiger partial charge in [0, 0.05) is 11.8 Å². The Morgan fingerprint density at radius 3 is 2.74 bits per heavy atom. The predicted octanol–water partition coefficient (Wildman–Crippen LogP) is 2.61. The van der Waals surface area contributed by atoms with E-state index in [9.17, 15) is 9.59 Å². The molecule has 0 aliphatic heterocycles. The molecule has 0 bridgehead atoms. The average Bonchev–Trinajstić information content (AvgIpc) is 2.60. The fourth-order valence-corrected chi connectivity index (χ4v) is 2.24. The molecule has 0 spiro atoms. The van der Waals surface area contributed by atoms with Crippen LogP contribution in [0.15, 0.2) is 35.6 Å². The highest BCUT2D eigenvalue weighted by atomic mass is 32.2. The van der Waals surface area contributed by atoms with Crippen LogP contribution in [0.1, 0.15) is 33.3 Å². The molecule has 1 heterocycles. The molecule has 0 radical (unpaired) electrons. The van der Waals surface area contributed by atoms with Crippen molar-refractivity contribution in [2.75, 3.05) is 20.0 Å². The highest BCUT2D eigenvalue weighted by Gasteiger charge is 2.22. The number of benzene rings is 1. The molecule has 0 aliphatic rings. The summed E-state index contributed by atoms with van der Waals surface area (Å²) in [5.74, 6) is -0.455. The van der Waals surface area contributed by atoms with Crippen molar-refractivity contribution in [1.29, 1.82) is 0 Å². The molecule has 120 valence electrons. The van der Waals surface area contributed by atoms with E-state index in [4.69, 9.17) is 9.47 Å². The average molecular weight is 332 g/mol. The summed E-state index contributed by atoms with van der Waals surface area (Å²) in [6.07, 6.45) is 3.11. The second kappa shape index (κ2) is 7.73. The van der Waals surface area contributed by atoms with E-state index in [-0.39, 0.29) is 23.6 Å². The quantitative estimate of drug-likeness (QED) is 0.348. The van der Waals surface area contributed by atoms with Crippen molar-refractivity contribution in [2.24, 2.45) is 0 Å². The number of nitrogens with zero attached hydrogens (tertiary/aromatic N) is 2. The van der Waals surface area contributed by atoms with Crippen molar-refractivity contribution in [3.8, 4) is 5.75 Å². The minimum absolute atomic E-state index is 0.0241. The van der Waals surface area contributed by atoms with Crippen LogP contribution >= 0.6 is 11.8 Å². The first-order valence-corrected chi connectivity index (χ1v) is 8.10. The summed E-state index contributed by atoms with van der Waals surface area (Å²) >= 11 is 1.29. The van der Waals surface area contributed by atoms with Crippen molar-refractivity contribution in [1.82, 2.24) is 9.97 Å². The molecular weight excluding hydrogens is 316 g/mol. The van der Waals surface area contributed by atoms with Crippen molar-refractivity contribution in [3.63, 3.8) is 0 Å². The Kier molecular flexibility index (Phi) is 5.70. The van der Waals surface area contributed by atoms with E-state index in [1.807, 2.05) is 0 Å². The van der Waals surface area contributed by atoms with Crippen LogP contribution in [-0.2, 0) is 4.74 Å². The van der Waals surface area contributed by atoms with Gasteiger partial charge < -0.3 is 9.47 Å². The normalized spacial score (nSPS) is 10.2. The maximum atomic E-state index is 12.7. The third-order valence-electron chi connectivity index (χ3n) is 2.99. The van der Waals surface area contributed by atoms with E-state index in [0.29, 0.717) is 16.5 Å².